The highest BCUT2D eigenvalue weighted by molar-refractivity contribution is 5.92. The maximum atomic E-state index is 5.64. The van der Waals surface area contributed by atoms with Gasteiger partial charge in [0.2, 0.25) is 0 Å². The van der Waals surface area contributed by atoms with Gasteiger partial charge in [0.1, 0.15) is 19.0 Å². The third-order valence-electron chi connectivity index (χ3n) is 6.04. The third-order valence-corrected chi connectivity index (χ3v) is 6.04. The lowest BCUT2D eigenvalue weighted by atomic mass is 10.1. The van der Waals surface area contributed by atoms with Crippen molar-refractivity contribution >= 4 is 16.6 Å². The van der Waals surface area contributed by atoms with E-state index in [0.29, 0.717) is 13.2 Å². The molecule has 1 aromatic carbocycles. The molecule has 2 aromatic heterocycles. The molecule has 5 rings (SSSR count). The Morgan fingerprint density at radius 2 is 1.84 bits per heavy atom. The van der Waals surface area contributed by atoms with E-state index >= 15 is 0 Å². The number of nitrogens with one attached hydrogen (secondary N) is 1. The third kappa shape index (κ3) is 4.56. The zero-order chi connectivity index (χ0) is 21.8. The van der Waals surface area contributed by atoms with E-state index in [1.54, 1.807) is 13.3 Å². The molecule has 0 aliphatic carbocycles. The number of methoxy groups -OCH3 is 1. The van der Waals surface area contributed by atoms with Crippen molar-refractivity contribution in [2.75, 3.05) is 64.5 Å². The van der Waals surface area contributed by atoms with Crippen LogP contribution < -0.4 is 24.4 Å². The number of ether oxygens (including phenoxy) is 3. The van der Waals surface area contributed by atoms with Crippen LogP contribution in [0.4, 0.5) is 5.69 Å². The van der Waals surface area contributed by atoms with Crippen LogP contribution in [0.25, 0.3) is 10.9 Å². The van der Waals surface area contributed by atoms with Gasteiger partial charge in [0.05, 0.1) is 24.5 Å². The molecule has 3 aromatic rings. The van der Waals surface area contributed by atoms with Crippen LogP contribution >= 0.6 is 0 Å². The lowest BCUT2D eigenvalue weighted by Gasteiger charge is -2.36. The van der Waals surface area contributed by atoms with Gasteiger partial charge in [-0.2, -0.15) is 0 Å². The fraction of sp³-hybridized carbons (Fsp3) is 0.417. The quantitative estimate of drug-likeness (QED) is 0.567. The van der Waals surface area contributed by atoms with Crippen LogP contribution in [0.3, 0.4) is 0 Å². The van der Waals surface area contributed by atoms with Gasteiger partial charge in [-0.1, -0.05) is 0 Å². The standard InChI is InChI=1S/C24H29N5O3/c1-30-19-2-3-21-20(15-19)22(4-5-26-21)29-10-8-28(9-11-29)7-6-25-16-18-14-23-24(17-27-18)32-13-12-31-23/h2-5,14-15,17,25H,6-13,16H2,1H3. The summed E-state index contributed by atoms with van der Waals surface area (Å²) in [6, 6.07) is 10.1. The second-order valence-corrected chi connectivity index (χ2v) is 8.04. The first-order valence-electron chi connectivity index (χ1n) is 11.2. The first-order valence-corrected chi connectivity index (χ1v) is 11.2. The van der Waals surface area contributed by atoms with E-state index in [1.807, 2.05) is 24.4 Å². The lowest BCUT2D eigenvalue weighted by molar-refractivity contribution is 0.170. The molecule has 168 valence electrons. The Morgan fingerprint density at radius 1 is 1.00 bits per heavy atom. The molecule has 8 nitrogen and oxygen atoms in total. The summed E-state index contributed by atoms with van der Waals surface area (Å²) in [5.74, 6) is 2.39. The van der Waals surface area contributed by atoms with E-state index in [0.717, 1.165) is 79.7 Å². The molecule has 8 heteroatoms. The van der Waals surface area contributed by atoms with Crippen LogP contribution in [0, 0.1) is 0 Å². The van der Waals surface area contributed by atoms with Gasteiger partial charge in [-0.05, 0) is 24.3 Å². The first kappa shape index (κ1) is 20.8. The summed E-state index contributed by atoms with van der Waals surface area (Å²) >= 11 is 0. The van der Waals surface area contributed by atoms with Gasteiger partial charge in [0, 0.05) is 69.2 Å². The van der Waals surface area contributed by atoms with Crippen LogP contribution in [0.2, 0.25) is 0 Å². The number of anilines is 1. The fourth-order valence-electron chi connectivity index (χ4n) is 4.27. The maximum absolute atomic E-state index is 5.64. The molecular formula is C24H29N5O3. The largest absolute Gasteiger partial charge is 0.497 e. The zero-order valence-electron chi connectivity index (χ0n) is 18.4. The Balaban J connectivity index is 1.11. The minimum absolute atomic E-state index is 0.588. The molecule has 0 bridgehead atoms. The van der Waals surface area contributed by atoms with E-state index in [4.69, 9.17) is 14.2 Å². The molecule has 0 radical (unpaired) electrons. The normalized spacial score (nSPS) is 16.3. The summed E-state index contributed by atoms with van der Waals surface area (Å²) in [6.07, 6.45) is 3.65. The highest BCUT2D eigenvalue weighted by Crippen LogP contribution is 2.30. The van der Waals surface area contributed by atoms with Gasteiger partial charge < -0.3 is 24.4 Å². The number of hydrogen-bond acceptors (Lipinski definition) is 8. The van der Waals surface area contributed by atoms with Gasteiger partial charge >= 0.3 is 0 Å². The van der Waals surface area contributed by atoms with Crippen molar-refractivity contribution < 1.29 is 14.2 Å². The Labute approximate surface area is 188 Å². The first-order chi connectivity index (χ1) is 15.8. The zero-order valence-corrected chi connectivity index (χ0v) is 18.4. The van der Waals surface area contributed by atoms with Crippen LogP contribution in [0.5, 0.6) is 17.2 Å². The number of fused-ring (bicyclic) bond motifs is 2. The molecule has 0 unspecified atom stereocenters. The van der Waals surface area contributed by atoms with Gasteiger partial charge in [-0.25, -0.2) is 0 Å². The molecule has 2 aliphatic rings. The Hall–Kier alpha value is -3.10. The minimum Gasteiger partial charge on any atom is -0.497 e. The summed E-state index contributed by atoms with van der Waals surface area (Å²) < 4.78 is 16.6. The summed E-state index contributed by atoms with van der Waals surface area (Å²) in [4.78, 5) is 13.9. The van der Waals surface area contributed by atoms with Crippen LogP contribution in [0.1, 0.15) is 5.69 Å². The van der Waals surface area contributed by atoms with Crippen molar-refractivity contribution in [3.63, 3.8) is 0 Å². The van der Waals surface area contributed by atoms with E-state index in [9.17, 15) is 0 Å². The number of rotatable bonds is 7. The number of benzene rings is 1. The predicted molar refractivity (Wildman–Crippen MR) is 124 cm³/mol. The van der Waals surface area contributed by atoms with Gasteiger partial charge in [-0.15, -0.1) is 0 Å². The Kier molecular flexibility index (Phi) is 6.22. The van der Waals surface area contributed by atoms with Crippen molar-refractivity contribution in [1.29, 1.82) is 0 Å². The number of piperazine rings is 1. The Morgan fingerprint density at radius 3 is 2.69 bits per heavy atom. The van der Waals surface area contributed by atoms with Gasteiger partial charge in [-0.3, -0.25) is 14.9 Å². The van der Waals surface area contributed by atoms with Crippen LogP contribution in [-0.4, -0.2) is 74.5 Å². The van der Waals surface area contributed by atoms with E-state index < -0.39 is 0 Å². The molecular weight excluding hydrogens is 406 g/mol. The number of pyridine rings is 2. The molecule has 4 heterocycles. The highest BCUT2D eigenvalue weighted by Gasteiger charge is 2.19. The van der Waals surface area contributed by atoms with Gasteiger partial charge in [0.25, 0.3) is 0 Å². The fourth-order valence-corrected chi connectivity index (χ4v) is 4.27. The second-order valence-electron chi connectivity index (χ2n) is 8.04. The minimum atomic E-state index is 0.588. The molecule has 0 atom stereocenters. The molecule has 2 aliphatic heterocycles. The molecule has 0 spiro atoms. The van der Waals surface area contributed by atoms with E-state index in [-0.39, 0.29) is 0 Å². The molecule has 0 amide bonds. The highest BCUT2D eigenvalue weighted by atomic mass is 16.6. The molecule has 0 saturated carbocycles. The maximum Gasteiger partial charge on any atom is 0.179 e. The summed E-state index contributed by atoms with van der Waals surface area (Å²) in [7, 11) is 1.70. The lowest BCUT2D eigenvalue weighted by Crippen LogP contribution is -2.48. The average molecular weight is 436 g/mol. The average Bonchev–Trinajstić information content (AvgIpc) is 2.86. The van der Waals surface area contributed by atoms with E-state index in [1.165, 1.54) is 5.69 Å². The molecule has 32 heavy (non-hydrogen) atoms. The van der Waals surface area contributed by atoms with Crippen molar-refractivity contribution in [1.82, 2.24) is 20.2 Å². The van der Waals surface area contributed by atoms with Crippen LogP contribution in [-0.2, 0) is 6.54 Å². The summed E-state index contributed by atoms with van der Waals surface area (Å²) in [5, 5.41) is 4.65. The Bertz CT molecular complexity index is 1070. The van der Waals surface area contributed by atoms with Gasteiger partial charge in [0.15, 0.2) is 11.5 Å². The van der Waals surface area contributed by atoms with Crippen molar-refractivity contribution in [2.24, 2.45) is 0 Å². The number of nitrogens with zero attached hydrogens (tertiary/aromatic N) is 4. The number of aromatic nitrogens is 2. The monoisotopic (exact) mass is 435 g/mol. The van der Waals surface area contributed by atoms with E-state index in [2.05, 4.69) is 37.2 Å². The molecule has 1 fully saturated rings. The van der Waals surface area contributed by atoms with Crippen molar-refractivity contribution in [3.8, 4) is 17.2 Å². The molecule has 1 saturated heterocycles. The SMILES string of the molecule is COc1ccc2nccc(N3CCN(CCNCc4cc5c(cn4)OCCO5)CC3)c2c1. The van der Waals surface area contributed by atoms with Crippen molar-refractivity contribution in [3.05, 3.63) is 48.4 Å². The summed E-state index contributed by atoms with van der Waals surface area (Å²) in [5.41, 5.74) is 3.21. The second kappa shape index (κ2) is 9.58. The number of hydrogen-bond donors (Lipinski definition) is 1. The topological polar surface area (TPSA) is 72.0 Å². The molecule has 1 N–H and O–H groups in total. The smallest absolute Gasteiger partial charge is 0.179 e. The van der Waals surface area contributed by atoms with Crippen molar-refractivity contribution in [2.45, 2.75) is 6.54 Å². The predicted octanol–water partition coefficient (Wildman–Crippen LogP) is 2.32. The van der Waals surface area contributed by atoms with Crippen LogP contribution in [0.15, 0.2) is 42.7 Å². The summed E-state index contributed by atoms with van der Waals surface area (Å²) in [6.45, 7) is 7.93.